The van der Waals surface area contributed by atoms with Crippen molar-refractivity contribution in [2.45, 2.75) is 51.6 Å². The van der Waals surface area contributed by atoms with Crippen LogP contribution in [-0.4, -0.2) is 49.9 Å². The van der Waals surface area contributed by atoms with Crippen molar-refractivity contribution in [2.75, 3.05) is 23.9 Å². The molecule has 0 spiro atoms. The third kappa shape index (κ3) is 4.50. The van der Waals surface area contributed by atoms with Crippen molar-refractivity contribution in [1.29, 1.82) is 0 Å². The molecule has 0 aromatic heterocycles. The molecule has 1 heterocycles. The average Bonchev–Trinajstić information content (AvgIpc) is 2.93. The minimum atomic E-state index is -2.99. The number of anilines is 1. The summed E-state index contributed by atoms with van der Waals surface area (Å²) in [6, 6.07) is 7.55. The van der Waals surface area contributed by atoms with Crippen LogP contribution in [0.3, 0.4) is 0 Å². The van der Waals surface area contributed by atoms with Crippen LogP contribution in [0.5, 0.6) is 0 Å². The molecule has 134 valence electrons. The molecule has 1 aliphatic heterocycles. The van der Waals surface area contributed by atoms with Gasteiger partial charge < -0.3 is 10.2 Å². The molecule has 0 bridgehead atoms. The van der Waals surface area contributed by atoms with E-state index in [1.807, 2.05) is 19.1 Å². The van der Waals surface area contributed by atoms with E-state index in [1.165, 1.54) is 5.56 Å². The molecule has 5 nitrogen and oxygen atoms in total. The summed E-state index contributed by atoms with van der Waals surface area (Å²) in [4.78, 5) is 14.1. The Labute approximate surface area is 145 Å². The summed E-state index contributed by atoms with van der Waals surface area (Å²) >= 11 is 0. The number of amides is 1. The van der Waals surface area contributed by atoms with E-state index >= 15 is 0 Å². The molecule has 3 atom stereocenters. The molecule has 1 aliphatic rings. The van der Waals surface area contributed by atoms with Gasteiger partial charge in [-0.25, -0.2) is 8.42 Å². The van der Waals surface area contributed by atoms with Gasteiger partial charge in [-0.2, -0.15) is 0 Å². The van der Waals surface area contributed by atoms with Gasteiger partial charge in [-0.1, -0.05) is 26.0 Å². The fourth-order valence-electron chi connectivity index (χ4n) is 3.02. The molecule has 1 amide bonds. The fraction of sp³-hybridized carbons (Fsp3) is 0.611. The van der Waals surface area contributed by atoms with E-state index in [9.17, 15) is 13.2 Å². The third-order valence-corrected chi connectivity index (χ3v) is 6.70. The summed E-state index contributed by atoms with van der Waals surface area (Å²) in [5.41, 5.74) is 2.19. The molecule has 6 heteroatoms. The number of hydrogen-bond acceptors (Lipinski definition) is 4. The van der Waals surface area contributed by atoms with Crippen molar-refractivity contribution < 1.29 is 13.2 Å². The number of carbonyl (C=O) groups excluding carboxylic acids is 1. The zero-order valence-electron chi connectivity index (χ0n) is 15.0. The first-order chi connectivity index (χ1) is 11.2. The molecular formula is C18H28N2O3S. The molecule has 0 aliphatic carbocycles. The van der Waals surface area contributed by atoms with Gasteiger partial charge in [0.1, 0.15) is 6.04 Å². The van der Waals surface area contributed by atoms with E-state index in [1.54, 1.807) is 11.9 Å². The molecule has 1 fully saturated rings. The minimum Gasteiger partial charge on any atom is -0.374 e. The van der Waals surface area contributed by atoms with Gasteiger partial charge in [-0.15, -0.1) is 0 Å². The lowest BCUT2D eigenvalue weighted by molar-refractivity contribution is -0.132. The molecule has 2 rings (SSSR count). The van der Waals surface area contributed by atoms with E-state index in [0.29, 0.717) is 12.3 Å². The summed E-state index contributed by atoms with van der Waals surface area (Å²) in [5, 5.41) is 3.21. The van der Waals surface area contributed by atoms with Crippen molar-refractivity contribution in [3.63, 3.8) is 0 Å². The maximum atomic E-state index is 12.5. The predicted octanol–water partition coefficient (Wildman–Crippen LogP) is 2.65. The van der Waals surface area contributed by atoms with Gasteiger partial charge >= 0.3 is 0 Å². The highest BCUT2D eigenvalue weighted by atomic mass is 32.2. The van der Waals surface area contributed by atoms with E-state index in [4.69, 9.17) is 0 Å². The van der Waals surface area contributed by atoms with Gasteiger partial charge in [-0.3, -0.25) is 4.79 Å². The predicted molar refractivity (Wildman–Crippen MR) is 98.1 cm³/mol. The van der Waals surface area contributed by atoms with Crippen LogP contribution >= 0.6 is 0 Å². The Balaban J connectivity index is 1.96. The lowest BCUT2D eigenvalue weighted by Gasteiger charge is -2.27. The molecule has 0 radical (unpaired) electrons. The van der Waals surface area contributed by atoms with Crippen LogP contribution in [0.1, 0.15) is 45.1 Å². The van der Waals surface area contributed by atoms with Crippen LogP contribution in [0.4, 0.5) is 5.69 Å². The van der Waals surface area contributed by atoms with E-state index in [-0.39, 0.29) is 23.5 Å². The Morgan fingerprint density at radius 1 is 1.29 bits per heavy atom. The molecule has 1 saturated heterocycles. The number of hydrogen-bond donors (Lipinski definition) is 1. The minimum absolute atomic E-state index is 0.0750. The largest absolute Gasteiger partial charge is 0.374 e. The lowest BCUT2D eigenvalue weighted by atomic mass is 9.98. The molecule has 1 aromatic carbocycles. The first-order valence-electron chi connectivity index (χ1n) is 8.57. The van der Waals surface area contributed by atoms with Crippen LogP contribution in [0.15, 0.2) is 24.3 Å². The molecule has 0 saturated carbocycles. The van der Waals surface area contributed by atoms with E-state index < -0.39 is 15.9 Å². The van der Waals surface area contributed by atoms with E-state index in [2.05, 4.69) is 31.3 Å². The van der Waals surface area contributed by atoms with Gasteiger partial charge in [0, 0.05) is 18.8 Å². The second-order valence-electron chi connectivity index (χ2n) is 6.80. The molecule has 1 aromatic rings. The maximum absolute atomic E-state index is 12.5. The quantitative estimate of drug-likeness (QED) is 0.855. The van der Waals surface area contributed by atoms with Crippen LogP contribution in [-0.2, 0) is 14.6 Å². The Bertz CT molecular complexity index is 670. The third-order valence-electron chi connectivity index (χ3n) is 4.95. The lowest BCUT2D eigenvalue weighted by Crippen LogP contribution is -2.45. The number of carbonyl (C=O) groups is 1. The molecule has 1 N–H and O–H groups in total. The summed E-state index contributed by atoms with van der Waals surface area (Å²) in [6.07, 6.45) is 1.62. The van der Waals surface area contributed by atoms with Crippen LogP contribution < -0.4 is 5.32 Å². The van der Waals surface area contributed by atoms with Gasteiger partial charge in [0.05, 0.1) is 11.5 Å². The number of sulfone groups is 1. The number of likely N-dealkylation sites (N-methyl/N-ethyl adjacent to an activating group) is 1. The number of nitrogens with zero attached hydrogens (tertiary/aromatic N) is 1. The van der Waals surface area contributed by atoms with Gasteiger partial charge in [0.2, 0.25) is 5.91 Å². The summed E-state index contributed by atoms with van der Waals surface area (Å²) in [5.74, 6) is 0.691. The fourth-order valence-corrected chi connectivity index (χ4v) is 4.80. The molecular weight excluding hydrogens is 324 g/mol. The van der Waals surface area contributed by atoms with Gasteiger partial charge in [0.25, 0.3) is 0 Å². The zero-order chi connectivity index (χ0) is 17.9. The highest BCUT2D eigenvalue weighted by Crippen LogP contribution is 2.21. The monoisotopic (exact) mass is 352 g/mol. The molecule has 3 unspecified atom stereocenters. The Kier molecular flexibility index (Phi) is 5.91. The van der Waals surface area contributed by atoms with Crippen LogP contribution in [0.25, 0.3) is 0 Å². The summed E-state index contributed by atoms with van der Waals surface area (Å²) < 4.78 is 23.2. The number of rotatable bonds is 6. The van der Waals surface area contributed by atoms with Crippen molar-refractivity contribution in [1.82, 2.24) is 4.90 Å². The zero-order valence-corrected chi connectivity index (χ0v) is 15.8. The number of benzene rings is 1. The highest BCUT2D eigenvalue weighted by Gasteiger charge is 2.34. The smallest absolute Gasteiger partial charge is 0.244 e. The highest BCUT2D eigenvalue weighted by molar-refractivity contribution is 7.91. The van der Waals surface area contributed by atoms with E-state index in [0.717, 1.165) is 12.1 Å². The second kappa shape index (κ2) is 7.55. The van der Waals surface area contributed by atoms with Crippen molar-refractivity contribution in [2.24, 2.45) is 0 Å². The Morgan fingerprint density at radius 3 is 2.42 bits per heavy atom. The Hall–Kier alpha value is -1.56. The Morgan fingerprint density at radius 2 is 1.92 bits per heavy atom. The topological polar surface area (TPSA) is 66.5 Å². The first-order valence-corrected chi connectivity index (χ1v) is 10.4. The average molecular weight is 353 g/mol. The van der Waals surface area contributed by atoms with Crippen LogP contribution in [0.2, 0.25) is 0 Å². The normalized spacial score (nSPS) is 21.9. The summed E-state index contributed by atoms with van der Waals surface area (Å²) in [6.45, 7) is 6.17. The van der Waals surface area contributed by atoms with Crippen molar-refractivity contribution in [3.05, 3.63) is 29.8 Å². The first kappa shape index (κ1) is 18.8. The van der Waals surface area contributed by atoms with Crippen molar-refractivity contribution in [3.8, 4) is 0 Å². The second-order valence-corrected chi connectivity index (χ2v) is 9.03. The van der Waals surface area contributed by atoms with Crippen molar-refractivity contribution >= 4 is 21.4 Å². The summed E-state index contributed by atoms with van der Waals surface area (Å²) in [7, 11) is -1.30. The van der Waals surface area contributed by atoms with Crippen LogP contribution in [0, 0.1) is 0 Å². The SMILES string of the molecule is CCC(C)c1ccc(NC(C)C(=O)N(C)C2CCS(=O)(=O)C2)cc1. The maximum Gasteiger partial charge on any atom is 0.244 e. The number of nitrogens with one attached hydrogen (secondary N) is 1. The molecule has 24 heavy (non-hydrogen) atoms. The van der Waals surface area contributed by atoms with Gasteiger partial charge in [0.15, 0.2) is 9.84 Å². The van der Waals surface area contributed by atoms with Gasteiger partial charge in [-0.05, 0) is 43.4 Å². The standard InChI is InChI=1S/C18H28N2O3S/c1-5-13(2)15-6-8-16(9-7-15)19-14(3)18(21)20(4)17-10-11-24(22,23)12-17/h6-9,13-14,17,19H,5,10-12H2,1-4H3.